The summed E-state index contributed by atoms with van der Waals surface area (Å²) < 4.78 is 89.5. The molecule has 0 radical (unpaired) electrons. The summed E-state index contributed by atoms with van der Waals surface area (Å²) in [6.07, 6.45) is -3.15. The van der Waals surface area contributed by atoms with Crippen molar-refractivity contribution in [1.82, 2.24) is 49.3 Å². The van der Waals surface area contributed by atoms with E-state index in [1.165, 1.54) is 32.8 Å². The second-order valence-corrected chi connectivity index (χ2v) is 21.5. The van der Waals surface area contributed by atoms with Crippen molar-refractivity contribution in [1.29, 1.82) is 0 Å². The number of amides is 2. The minimum absolute atomic E-state index is 0.0334. The van der Waals surface area contributed by atoms with Gasteiger partial charge in [-0.05, 0) is 12.5 Å². The van der Waals surface area contributed by atoms with E-state index in [2.05, 4.69) is 41.8 Å². The molecule has 404 valence electrons. The number of aliphatic hydroxyl groups excluding tert-OH is 1. The zero-order chi connectivity index (χ0) is 52.7. The van der Waals surface area contributed by atoms with E-state index < -0.39 is 94.4 Å². The smallest absolute Gasteiger partial charge is 0.328 e. The molecule has 0 saturated carbocycles. The van der Waals surface area contributed by atoms with Gasteiger partial charge in [-0.15, -0.1) is 0 Å². The molecule has 30 nitrogen and oxygen atoms in total. The molecule has 3 fully saturated rings. The largest absolute Gasteiger partial charge is 0.386 e. The lowest BCUT2D eigenvalue weighted by Crippen LogP contribution is -2.48. The number of aliphatic hydroxyl groups is 1. The monoisotopic (exact) mass is 1080 g/mol. The molecule has 8 heterocycles. The van der Waals surface area contributed by atoms with Crippen molar-refractivity contribution in [2.24, 2.45) is 0 Å². The predicted octanol–water partition coefficient (Wildman–Crippen LogP) is -0.371. The van der Waals surface area contributed by atoms with E-state index in [1.807, 2.05) is 0 Å². The lowest BCUT2D eigenvalue weighted by molar-refractivity contribution is -0.125. The van der Waals surface area contributed by atoms with Gasteiger partial charge in [-0.3, -0.25) is 56.7 Å². The number of nitrogen functional groups attached to an aromatic ring is 2. The molecule has 3 saturated heterocycles. The maximum Gasteiger partial charge on any atom is 0.328 e. The quantitative estimate of drug-likeness (QED) is 0.0432. The first kappa shape index (κ1) is 54.7. The van der Waals surface area contributed by atoms with Gasteiger partial charge in [0.05, 0.1) is 72.1 Å². The van der Waals surface area contributed by atoms with E-state index in [0.717, 1.165) is 13.3 Å². The average molecular weight is 1080 g/mol. The van der Waals surface area contributed by atoms with Crippen LogP contribution >= 0.6 is 15.2 Å². The Kier molecular flexibility index (Phi) is 17.7. The SMILES string of the molecule is C=C1C=CC(=O)N1CCC(=O)CCCOCCOCCOCCOCCC(=O)NC1[C@H]2OP(C)(=O)OC[C@H]3O[C@@H](n4cnc5c(=O)[nH]c(N)nc54)C(O)[C@H]3OP(C)(=O)OC[C@H]2O[C@H]1n1cnc2c(=O)[nH]c(N)nc21. The number of hydrogen-bond acceptors (Lipinski definition) is 24. The molecule has 8 N–H and O–H groups in total. The Balaban J connectivity index is 0.827. The van der Waals surface area contributed by atoms with Crippen LogP contribution in [0.3, 0.4) is 0 Å². The summed E-state index contributed by atoms with van der Waals surface area (Å²) in [6.45, 7) is 7.17. The molecular weight excluding hydrogens is 1020 g/mol. The number of H-pyrrole nitrogens is 2. The zero-order valence-electron chi connectivity index (χ0n) is 40.3. The summed E-state index contributed by atoms with van der Waals surface area (Å²) in [5.41, 5.74) is 10.6. The number of rotatable bonds is 22. The topological polar surface area (TPSA) is 392 Å². The number of fused-ring (bicyclic) bond motifs is 4. The third kappa shape index (κ3) is 13.3. The molecule has 32 heteroatoms. The highest BCUT2D eigenvalue weighted by Gasteiger charge is 2.53. The maximum absolute atomic E-state index is 14.3. The first-order valence-electron chi connectivity index (χ1n) is 23.4. The normalized spacial score (nSPS) is 28.4. The summed E-state index contributed by atoms with van der Waals surface area (Å²) in [7, 11) is -8.39. The molecule has 10 atom stereocenters. The van der Waals surface area contributed by atoms with Crippen LogP contribution in [-0.2, 0) is 70.0 Å². The summed E-state index contributed by atoms with van der Waals surface area (Å²) >= 11 is 0. The first-order chi connectivity index (χ1) is 35.4. The van der Waals surface area contributed by atoms with Crippen molar-refractivity contribution < 1.29 is 75.1 Å². The minimum atomic E-state index is -4.21. The molecule has 0 spiro atoms. The Hall–Kier alpha value is -5.59. The molecule has 0 aromatic carbocycles. The minimum Gasteiger partial charge on any atom is -0.386 e. The number of imidazole rings is 2. The Bertz CT molecular complexity index is 2930. The number of anilines is 2. The van der Waals surface area contributed by atoms with Gasteiger partial charge in [-0.2, -0.15) is 9.97 Å². The van der Waals surface area contributed by atoms with Gasteiger partial charge in [0, 0.05) is 57.5 Å². The van der Waals surface area contributed by atoms with E-state index in [1.54, 1.807) is 6.08 Å². The Morgan fingerprint density at radius 1 is 0.757 bits per heavy atom. The van der Waals surface area contributed by atoms with E-state index in [9.17, 15) is 38.2 Å². The number of nitrogens with two attached hydrogens (primary N) is 2. The molecule has 8 rings (SSSR count). The summed E-state index contributed by atoms with van der Waals surface area (Å²) in [6, 6.07) is -1.24. The Morgan fingerprint density at radius 3 is 1.84 bits per heavy atom. The van der Waals surface area contributed by atoms with Gasteiger partial charge in [0.1, 0.15) is 42.3 Å². The van der Waals surface area contributed by atoms with Crippen molar-refractivity contribution >= 4 is 67.0 Å². The highest BCUT2D eigenvalue weighted by Crippen LogP contribution is 2.54. The number of nitrogens with one attached hydrogen (secondary N) is 3. The molecule has 74 heavy (non-hydrogen) atoms. The molecule has 4 aliphatic heterocycles. The van der Waals surface area contributed by atoms with Gasteiger partial charge in [-0.1, -0.05) is 6.58 Å². The molecule has 4 unspecified atom stereocenters. The van der Waals surface area contributed by atoms with Crippen molar-refractivity contribution in [2.45, 2.75) is 74.7 Å². The highest BCUT2D eigenvalue weighted by molar-refractivity contribution is 7.53. The van der Waals surface area contributed by atoms with Gasteiger partial charge in [0.2, 0.25) is 17.8 Å². The van der Waals surface area contributed by atoms with Crippen LogP contribution in [0.5, 0.6) is 0 Å². The zero-order valence-corrected chi connectivity index (χ0v) is 42.1. The number of carbonyl (C=O) groups excluding carboxylic acids is 3. The van der Waals surface area contributed by atoms with E-state index in [-0.39, 0.29) is 85.2 Å². The van der Waals surface area contributed by atoms with E-state index in [4.69, 9.17) is 58.0 Å². The van der Waals surface area contributed by atoms with Gasteiger partial charge in [0.15, 0.2) is 34.8 Å². The third-order valence-electron chi connectivity index (χ3n) is 12.0. The second-order valence-electron chi connectivity index (χ2n) is 17.4. The molecular formula is C42H58N12O18P2. The second kappa shape index (κ2) is 24.0. The third-order valence-corrected chi connectivity index (χ3v) is 14.5. The number of ether oxygens (including phenoxy) is 6. The van der Waals surface area contributed by atoms with Crippen LogP contribution in [-0.4, -0.2) is 189 Å². The van der Waals surface area contributed by atoms with Gasteiger partial charge >= 0.3 is 15.2 Å². The van der Waals surface area contributed by atoms with Gasteiger partial charge in [0.25, 0.3) is 17.0 Å². The van der Waals surface area contributed by atoms with Crippen LogP contribution in [0.4, 0.5) is 11.9 Å². The number of allylic oxidation sites excluding steroid dienone is 1. The van der Waals surface area contributed by atoms with Crippen LogP contribution < -0.4 is 27.9 Å². The van der Waals surface area contributed by atoms with E-state index in [0.29, 0.717) is 51.5 Å². The molecule has 4 aromatic heterocycles. The maximum atomic E-state index is 14.3. The van der Waals surface area contributed by atoms with Crippen LogP contribution in [0.15, 0.2) is 46.7 Å². The lowest BCUT2D eigenvalue weighted by Gasteiger charge is -2.30. The lowest BCUT2D eigenvalue weighted by atomic mass is 10.1. The van der Waals surface area contributed by atoms with Crippen molar-refractivity contribution in [3.05, 3.63) is 57.8 Å². The van der Waals surface area contributed by atoms with Crippen LogP contribution in [0.1, 0.15) is 38.1 Å². The number of hydrogen-bond donors (Lipinski definition) is 6. The van der Waals surface area contributed by atoms with E-state index >= 15 is 0 Å². The summed E-state index contributed by atoms with van der Waals surface area (Å²) in [4.78, 5) is 85.6. The average Bonchev–Trinajstić information content (AvgIpc) is 4.16. The fourth-order valence-corrected chi connectivity index (χ4v) is 10.8. The highest BCUT2D eigenvalue weighted by atomic mass is 31.2. The van der Waals surface area contributed by atoms with Gasteiger partial charge < -0.3 is 68.8 Å². The predicted molar refractivity (Wildman–Crippen MR) is 256 cm³/mol. The number of aromatic amines is 2. The first-order valence-corrected chi connectivity index (χ1v) is 27.4. The summed E-state index contributed by atoms with van der Waals surface area (Å²) in [5, 5.41) is 14.4. The van der Waals surface area contributed by atoms with Gasteiger partial charge in [-0.25, -0.2) is 9.97 Å². The summed E-state index contributed by atoms with van der Waals surface area (Å²) in [5.74, 6) is -1.18. The number of Topliss-reactive ketones (excluding diaryl/α,β-unsaturated/α-hetero) is 1. The Labute approximate surface area is 420 Å². The van der Waals surface area contributed by atoms with Crippen LogP contribution in [0, 0.1) is 0 Å². The van der Waals surface area contributed by atoms with Crippen molar-refractivity contribution in [3.8, 4) is 0 Å². The van der Waals surface area contributed by atoms with Crippen molar-refractivity contribution in [3.63, 3.8) is 0 Å². The molecule has 2 amide bonds. The molecule has 0 aliphatic carbocycles. The number of carbonyl (C=O) groups is 3. The van der Waals surface area contributed by atoms with Crippen molar-refractivity contribution in [2.75, 3.05) is 97.4 Å². The Morgan fingerprint density at radius 2 is 1.27 bits per heavy atom. The number of aromatic nitrogens is 8. The van der Waals surface area contributed by atoms with Crippen LogP contribution in [0.2, 0.25) is 0 Å². The fourth-order valence-electron chi connectivity index (χ4n) is 8.45. The molecule has 4 aliphatic rings. The number of nitrogens with zero attached hydrogens (tertiary/aromatic N) is 7. The fraction of sp³-hybridized carbons (Fsp3) is 0.595. The standard InChI is InChI=1S/C42H58N12O18P2/c1-23-6-7-28(57)52(23)10-8-24(55)5-4-11-63-13-15-65-17-18-66-16-14-64-12-9-27(56)47-29-33-25(69-39(29)53-21-45-30-35(53)48-41(43)50-37(30)59)19-67-74(3,62)72-34-26(20-68-73(2,61)71-33)70-40(32(34)58)54-22-46-31-36(54)49-42(44)51-38(31)60/h6-7,21-22,25-26,29,32-34,39-40,58H,1,4-5,8-20H2,2-3H3,(H,47,56)(H3,43,48,50,59)(H3,44,49,51,60)/t25-,26-,29?,32?,33+,34+,39-,40-,73?,74?/m1/s1. The molecule has 4 aromatic rings. The number of ketones is 1. The van der Waals surface area contributed by atoms with Crippen LogP contribution in [0.25, 0.3) is 22.3 Å². The molecule has 0 bridgehead atoms.